The number of nitrogens with zero attached hydrogens (tertiary/aromatic N) is 1. The van der Waals surface area contributed by atoms with Crippen molar-refractivity contribution in [3.63, 3.8) is 0 Å². The Labute approximate surface area is 133 Å². The summed E-state index contributed by atoms with van der Waals surface area (Å²) in [7, 11) is 0. The lowest BCUT2D eigenvalue weighted by Crippen LogP contribution is -2.43. The van der Waals surface area contributed by atoms with Crippen molar-refractivity contribution in [1.29, 1.82) is 0 Å². The van der Waals surface area contributed by atoms with Gasteiger partial charge < -0.3 is 9.73 Å². The fourth-order valence-corrected chi connectivity index (χ4v) is 3.92. The van der Waals surface area contributed by atoms with Crippen molar-refractivity contribution >= 4 is 11.8 Å². The maximum Gasteiger partial charge on any atom is 0.118 e. The van der Waals surface area contributed by atoms with E-state index in [1.54, 1.807) is 0 Å². The van der Waals surface area contributed by atoms with E-state index in [2.05, 4.69) is 62.7 Å². The SMILES string of the molecule is Cc1oc(CNCC(C)C)cc1CN1CCSC(C)C1C. The summed E-state index contributed by atoms with van der Waals surface area (Å²) in [4.78, 5) is 2.59. The summed E-state index contributed by atoms with van der Waals surface area (Å²) in [5, 5.41) is 4.17. The van der Waals surface area contributed by atoms with Gasteiger partial charge in [-0.05, 0) is 32.4 Å². The van der Waals surface area contributed by atoms with Crippen molar-refractivity contribution in [2.45, 2.75) is 59.0 Å². The first-order valence-electron chi connectivity index (χ1n) is 8.12. The van der Waals surface area contributed by atoms with E-state index < -0.39 is 0 Å². The summed E-state index contributed by atoms with van der Waals surface area (Å²) >= 11 is 2.09. The van der Waals surface area contributed by atoms with Gasteiger partial charge in [-0.2, -0.15) is 11.8 Å². The number of rotatable bonds is 6. The van der Waals surface area contributed by atoms with E-state index in [1.807, 2.05) is 0 Å². The minimum atomic E-state index is 0.639. The Morgan fingerprint density at radius 2 is 2.19 bits per heavy atom. The molecule has 21 heavy (non-hydrogen) atoms. The zero-order valence-corrected chi connectivity index (χ0v) is 14.9. The van der Waals surface area contributed by atoms with Crippen LogP contribution < -0.4 is 5.32 Å². The third-order valence-electron chi connectivity index (χ3n) is 4.31. The maximum atomic E-state index is 5.91. The molecule has 1 aliphatic heterocycles. The van der Waals surface area contributed by atoms with Crippen LogP contribution >= 0.6 is 11.8 Å². The van der Waals surface area contributed by atoms with Gasteiger partial charge in [-0.25, -0.2) is 0 Å². The highest BCUT2D eigenvalue weighted by Crippen LogP contribution is 2.27. The summed E-state index contributed by atoms with van der Waals surface area (Å²) in [6, 6.07) is 2.88. The number of hydrogen-bond acceptors (Lipinski definition) is 4. The normalized spacial score (nSPS) is 23.9. The molecule has 3 nitrogen and oxygen atoms in total. The zero-order chi connectivity index (χ0) is 15.4. The van der Waals surface area contributed by atoms with Gasteiger partial charge in [-0.15, -0.1) is 0 Å². The highest BCUT2D eigenvalue weighted by atomic mass is 32.2. The van der Waals surface area contributed by atoms with Crippen molar-refractivity contribution in [1.82, 2.24) is 10.2 Å². The van der Waals surface area contributed by atoms with E-state index in [-0.39, 0.29) is 0 Å². The second kappa shape index (κ2) is 7.70. The standard InChI is InChI=1S/C17H30N2OS/c1-12(2)9-18-10-17-8-16(14(4)20-17)11-19-6-7-21-15(5)13(19)3/h8,12-13,15,18H,6-7,9-11H2,1-5H3. The molecule has 1 aromatic heterocycles. The van der Waals surface area contributed by atoms with Crippen molar-refractivity contribution in [3.05, 3.63) is 23.2 Å². The molecule has 0 aliphatic carbocycles. The topological polar surface area (TPSA) is 28.4 Å². The van der Waals surface area contributed by atoms with Gasteiger partial charge in [0, 0.05) is 35.7 Å². The minimum absolute atomic E-state index is 0.639. The first-order chi connectivity index (χ1) is 9.97. The molecule has 0 spiro atoms. The second-order valence-electron chi connectivity index (χ2n) is 6.61. The fourth-order valence-electron chi connectivity index (χ4n) is 2.75. The first kappa shape index (κ1) is 16.9. The van der Waals surface area contributed by atoms with E-state index in [0.29, 0.717) is 12.0 Å². The molecule has 1 aliphatic rings. The maximum absolute atomic E-state index is 5.91. The van der Waals surface area contributed by atoms with Gasteiger partial charge in [-0.1, -0.05) is 20.8 Å². The van der Waals surface area contributed by atoms with Crippen LogP contribution in [0.1, 0.15) is 44.8 Å². The van der Waals surface area contributed by atoms with Gasteiger partial charge in [0.1, 0.15) is 11.5 Å². The Kier molecular flexibility index (Phi) is 6.20. The second-order valence-corrected chi connectivity index (χ2v) is 8.09. The van der Waals surface area contributed by atoms with Crippen LogP contribution in [0, 0.1) is 12.8 Å². The lowest BCUT2D eigenvalue weighted by atomic mass is 10.1. The molecule has 2 rings (SSSR count). The molecule has 0 amide bonds. The van der Waals surface area contributed by atoms with Crippen LogP contribution in [-0.2, 0) is 13.1 Å². The Morgan fingerprint density at radius 1 is 1.43 bits per heavy atom. The molecule has 0 aromatic carbocycles. The Balaban J connectivity index is 1.92. The van der Waals surface area contributed by atoms with Crippen LogP contribution in [0.3, 0.4) is 0 Å². The van der Waals surface area contributed by atoms with Crippen LogP contribution in [-0.4, -0.2) is 35.0 Å². The molecule has 2 atom stereocenters. The smallest absolute Gasteiger partial charge is 0.118 e. The van der Waals surface area contributed by atoms with Crippen molar-refractivity contribution < 1.29 is 4.42 Å². The molecule has 2 heterocycles. The van der Waals surface area contributed by atoms with Crippen LogP contribution in [0.2, 0.25) is 0 Å². The molecule has 0 radical (unpaired) electrons. The molecular weight excluding hydrogens is 280 g/mol. The molecule has 120 valence electrons. The van der Waals surface area contributed by atoms with Crippen LogP contribution in [0.5, 0.6) is 0 Å². The van der Waals surface area contributed by atoms with Gasteiger partial charge in [-0.3, -0.25) is 4.90 Å². The minimum Gasteiger partial charge on any atom is -0.465 e. The molecule has 1 aromatic rings. The van der Waals surface area contributed by atoms with Gasteiger partial charge in [0.05, 0.1) is 6.54 Å². The largest absolute Gasteiger partial charge is 0.465 e. The number of thioether (sulfide) groups is 1. The molecular formula is C17H30N2OS. The highest BCUT2D eigenvalue weighted by molar-refractivity contribution is 8.00. The zero-order valence-electron chi connectivity index (χ0n) is 14.1. The third kappa shape index (κ3) is 4.76. The van der Waals surface area contributed by atoms with Crippen LogP contribution in [0.4, 0.5) is 0 Å². The summed E-state index contributed by atoms with van der Waals surface area (Å²) in [5.41, 5.74) is 1.35. The van der Waals surface area contributed by atoms with E-state index in [1.165, 1.54) is 17.9 Å². The summed E-state index contributed by atoms with van der Waals surface area (Å²) in [6.07, 6.45) is 0. The average molecular weight is 311 g/mol. The monoisotopic (exact) mass is 310 g/mol. The van der Waals surface area contributed by atoms with Gasteiger partial charge in [0.2, 0.25) is 0 Å². The molecule has 1 N–H and O–H groups in total. The van der Waals surface area contributed by atoms with Crippen molar-refractivity contribution in [2.75, 3.05) is 18.8 Å². The molecule has 4 heteroatoms. The van der Waals surface area contributed by atoms with Gasteiger partial charge in [0.25, 0.3) is 0 Å². The van der Waals surface area contributed by atoms with Crippen LogP contribution in [0.15, 0.2) is 10.5 Å². The van der Waals surface area contributed by atoms with E-state index in [4.69, 9.17) is 4.42 Å². The molecule has 0 saturated carbocycles. The van der Waals surface area contributed by atoms with Gasteiger partial charge >= 0.3 is 0 Å². The Hall–Kier alpha value is -0.450. The summed E-state index contributed by atoms with van der Waals surface area (Å²) < 4.78 is 5.91. The molecule has 1 fully saturated rings. The van der Waals surface area contributed by atoms with E-state index in [9.17, 15) is 0 Å². The predicted octanol–water partition coefficient (Wildman–Crippen LogP) is 3.66. The number of hydrogen-bond donors (Lipinski definition) is 1. The van der Waals surface area contributed by atoms with E-state index >= 15 is 0 Å². The quantitative estimate of drug-likeness (QED) is 0.868. The summed E-state index contributed by atoms with van der Waals surface area (Å²) in [6.45, 7) is 15.3. The first-order valence-corrected chi connectivity index (χ1v) is 9.16. The third-order valence-corrected chi connectivity index (χ3v) is 5.65. The van der Waals surface area contributed by atoms with Crippen molar-refractivity contribution in [2.24, 2.45) is 5.92 Å². The van der Waals surface area contributed by atoms with Gasteiger partial charge in [0.15, 0.2) is 0 Å². The van der Waals surface area contributed by atoms with E-state index in [0.717, 1.165) is 36.4 Å². The highest BCUT2D eigenvalue weighted by Gasteiger charge is 2.26. The number of aryl methyl sites for hydroxylation is 1. The Morgan fingerprint density at radius 3 is 2.90 bits per heavy atom. The lowest BCUT2D eigenvalue weighted by molar-refractivity contribution is 0.203. The molecule has 0 bridgehead atoms. The van der Waals surface area contributed by atoms with Crippen molar-refractivity contribution in [3.8, 4) is 0 Å². The number of nitrogens with one attached hydrogen (secondary N) is 1. The Bertz CT molecular complexity index is 444. The van der Waals surface area contributed by atoms with Crippen LogP contribution in [0.25, 0.3) is 0 Å². The summed E-state index contributed by atoms with van der Waals surface area (Å²) in [5.74, 6) is 4.06. The molecule has 1 saturated heterocycles. The average Bonchev–Trinajstić information content (AvgIpc) is 2.75. The fraction of sp³-hybridized carbons (Fsp3) is 0.765. The predicted molar refractivity (Wildman–Crippen MR) is 91.8 cm³/mol. The lowest BCUT2D eigenvalue weighted by Gasteiger charge is -2.37. The number of furan rings is 1. The molecule has 2 unspecified atom stereocenters.